The SMILES string of the molecule is COc1ccc(C(O)Cn2cccc(C)c2=O)c(OC)c1. The number of pyridine rings is 1. The van der Waals surface area contributed by atoms with Crippen molar-refractivity contribution in [2.24, 2.45) is 0 Å². The largest absolute Gasteiger partial charge is 0.497 e. The number of aliphatic hydroxyl groups is 1. The van der Waals surface area contributed by atoms with Gasteiger partial charge in [0.05, 0.1) is 20.8 Å². The third kappa shape index (κ3) is 3.25. The second-order valence-electron chi connectivity index (χ2n) is 4.77. The molecule has 1 atom stereocenters. The first-order valence-electron chi connectivity index (χ1n) is 6.63. The van der Waals surface area contributed by atoms with Gasteiger partial charge in [-0.1, -0.05) is 6.07 Å². The monoisotopic (exact) mass is 289 g/mol. The van der Waals surface area contributed by atoms with Crippen molar-refractivity contribution in [2.45, 2.75) is 19.6 Å². The van der Waals surface area contributed by atoms with Crippen molar-refractivity contribution < 1.29 is 14.6 Å². The predicted octanol–water partition coefficient (Wildman–Crippen LogP) is 1.91. The van der Waals surface area contributed by atoms with Gasteiger partial charge in [0.25, 0.3) is 5.56 Å². The number of aliphatic hydroxyl groups excluding tert-OH is 1. The van der Waals surface area contributed by atoms with Crippen LogP contribution < -0.4 is 15.0 Å². The molecule has 0 aliphatic heterocycles. The molecular weight excluding hydrogens is 270 g/mol. The van der Waals surface area contributed by atoms with E-state index in [-0.39, 0.29) is 12.1 Å². The summed E-state index contributed by atoms with van der Waals surface area (Å²) in [5, 5.41) is 10.4. The first kappa shape index (κ1) is 15.1. The van der Waals surface area contributed by atoms with Crippen molar-refractivity contribution in [3.05, 3.63) is 58.0 Å². The molecule has 0 saturated heterocycles. The number of nitrogens with zero attached hydrogens (tertiary/aromatic N) is 1. The first-order chi connectivity index (χ1) is 10.1. The van der Waals surface area contributed by atoms with E-state index in [2.05, 4.69) is 0 Å². The summed E-state index contributed by atoms with van der Waals surface area (Å²) in [6, 6.07) is 8.73. The van der Waals surface area contributed by atoms with Crippen molar-refractivity contribution in [3.8, 4) is 11.5 Å². The highest BCUT2D eigenvalue weighted by Gasteiger charge is 2.15. The summed E-state index contributed by atoms with van der Waals surface area (Å²) in [4.78, 5) is 12.0. The van der Waals surface area contributed by atoms with Gasteiger partial charge in [-0.05, 0) is 25.1 Å². The minimum Gasteiger partial charge on any atom is -0.497 e. The molecule has 0 aliphatic rings. The van der Waals surface area contributed by atoms with E-state index in [1.807, 2.05) is 0 Å². The van der Waals surface area contributed by atoms with Crippen molar-refractivity contribution in [1.82, 2.24) is 4.57 Å². The van der Waals surface area contributed by atoms with Gasteiger partial charge < -0.3 is 19.1 Å². The van der Waals surface area contributed by atoms with Crippen molar-refractivity contribution in [2.75, 3.05) is 14.2 Å². The summed E-state index contributed by atoms with van der Waals surface area (Å²) >= 11 is 0. The molecule has 0 saturated carbocycles. The minimum absolute atomic E-state index is 0.107. The fourth-order valence-electron chi connectivity index (χ4n) is 2.18. The fourth-order valence-corrected chi connectivity index (χ4v) is 2.18. The summed E-state index contributed by atoms with van der Waals surface area (Å²) in [6.45, 7) is 1.92. The van der Waals surface area contributed by atoms with Crippen LogP contribution in [-0.2, 0) is 6.54 Å². The highest BCUT2D eigenvalue weighted by molar-refractivity contribution is 5.41. The fraction of sp³-hybridized carbons (Fsp3) is 0.312. The van der Waals surface area contributed by atoms with Crippen LogP contribution in [0.2, 0.25) is 0 Å². The van der Waals surface area contributed by atoms with E-state index in [9.17, 15) is 9.90 Å². The second-order valence-corrected chi connectivity index (χ2v) is 4.77. The molecule has 1 aromatic carbocycles. The van der Waals surface area contributed by atoms with Gasteiger partial charge in [-0.3, -0.25) is 4.79 Å². The lowest BCUT2D eigenvalue weighted by Crippen LogP contribution is -2.24. The lowest BCUT2D eigenvalue weighted by molar-refractivity contribution is 0.151. The minimum atomic E-state index is -0.842. The molecule has 1 heterocycles. The lowest BCUT2D eigenvalue weighted by atomic mass is 10.1. The third-order valence-electron chi connectivity index (χ3n) is 3.38. The maximum atomic E-state index is 12.0. The normalized spacial score (nSPS) is 12.0. The Labute approximate surface area is 123 Å². The number of rotatable bonds is 5. The molecule has 1 unspecified atom stereocenters. The van der Waals surface area contributed by atoms with Gasteiger partial charge >= 0.3 is 0 Å². The number of ether oxygens (including phenoxy) is 2. The molecule has 5 nitrogen and oxygen atoms in total. The molecule has 21 heavy (non-hydrogen) atoms. The number of benzene rings is 1. The molecule has 0 radical (unpaired) electrons. The molecule has 0 amide bonds. The maximum absolute atomic E-state index is 12.0. The first-order valence-corrected chi connectivity index (χ1v) is 6.63. The summed E-state index contributed by atoms with van der Waals surface area (Å²) in [5.41, 5.74) is 1.15. The Kier molecular flexibility index (Phi) is 4.65. The van der Waals surface area contributed by atoms with Crippen LogP contribution in [0.1, 0.15) is 17.2 Å². The average molecular weight is 289 g/mol. The summed E-state index contributed by atoms with van der Waals surface area (Å²) in [6.07, 6.45) is 0.819. The Morgan fingerprint density at radius 2 is 2.00 bits per heavy atom. The van der Waals surface area contributed by atoms with Gasteiger partial charge in [0.2, 0.25) is 0 Å². The Bertz CT molecular complexity index is 678. The Balaban J connectivity index is 2.30. The zero-order chi connectivity index (χ0) is 15.4. The van der Waals surface area contributed by atoms with Crippen LogP contribution in [0.3, 0.4) is 0 Å². The Hall–Kier alpha value is -2.27. The molecular formula is C16H19NO4. The highest BCUT2D eigenvalue weighted by atomic mass is 16.5. The Morgan fingerprint density at radius 1 is 1.24 bits per heavy atom. The number of methoxy groups -OCH3 is 2. The standard InChI is InChI=1S/C16H19NO4/c1-11-5-4-8-17(16(11)19)10-14(18)13-7-6-12(20-2)9-15(13)21-3/h4-9,14,18H,10H2,1-3H3. The Morgan fingerprint density at radius 3 is 2.67 bits per heavy atom. The van der Waals surface area contributed by atoms with Gasteiger partial charge in [-0.25, -0.2) is 0 Å². The predicted molar refractivity (Wildman–Crippen MR) is 79.9 cm³/mol. The number of aryl methyl sites for hydroxylation is 1. The highest BCUT2D eigenvalue weighted by Crippen LogP contribution is 2.30. The van der Waals surface area contributed by atoms with Crippen LogP contribution in [0.5, 0.6) is 11.5 Å². The molecule has 0 fully saturated rings. The van der Waals surface area contributed by atoms with E-state index < -0.39 is 6.10 Å². The van der Waals surface area contributed by atoms with Crippen LogP contribution >= 0.6 is 0 Å². The van der Waals surface area contributed by atoms with Crippen LogP contribution in [-0.4, -0.2) is 23.9 Å². The summed E-state index contributed by atoms with van der Waals surface area (Å²) in [5.74, 6) is 1.18. The number of hydrogen-bond donors (Lipinski definition) is 1. The zero-order valence-electron chi connectivity index (χ0n) is 12.4. The van der Waals surface area contributed by atoms with Crippen LogP contribution in [0.4, 0.5) is 0 Å². The van der Waals surface area contributed by atoms with Crippen LogP contribution in [0, 0.1) is 6.92 Å². The quantitative estimate of drug-likeness (QED) is 0.913. The van der Waals surface area contributed by atoms with E-state index in [0.29, 0.717) is 22.6 Å². The molecule has 2 aromatic rings. The number of aromatic nitrogens is 1. The van der Waals surface area contributed by atoms with E-state index in [0.717, 1.165) is 0 Å². The van der Waals surface area contributed by atoms with Crippen LogP contribution in [0.15, 0.2) is 41.3 Å². The molecule has 112 valence electrons. The third-order valence-corrected chi connectivity index (χ3v) is 3.38. The van der Waals surface area contributed by atoms with E-state index in [4.69, 9.17) is 9.47 Å². The van der Waals surface area contributed by atoms with Gasteiger partial charge in [-0.15, -0.1) is 0 Å². The topological polar surface area (TPSA) is 60.7 Å². The van der Waals surface area contributed by atoms with Gasteiger partial charge in [0.1, 0.15) is 17.6 Å². The van der Waals surface area contributed by atoms with E-state index in [1.54, 1.807) is 50.6 Å². The molecule has 0 spiro atoms. The smallest absolute Gasteiger partial charge is 0.253 e. The average Bonchev–Trinajstić information content (AvgIpc) is 2.51. The lowest BCUT2D eigenvalue weighted by Gasteiger charge is -2.17. The van der Waals surface area contributed by atoms with Gasteiger partial charge in [0.15, 0.2) is 0 Å². The van der Waals surface area contributed by atoms with Gasteiger partial charge in [-0.2, -0.15) is 0 Å². The summed E-state index contributed by atoms with van der Waals surface area (Å²) < 4.78 is 11.9. The maximum Gasteiger partial charge on any atom is 0.253 e. The second kappa shape index (κ2) is 6.45. The van der Waals surface area contributed by atoms with Crippen molar-refractivity contribution in [1.29, 1.82) is 0 Å². The molecule has 1 aromatic heterocycles. The number of hydrogen-bond acceptors (Lipinski definition) is 4. The molecule has 0 aliphatic carbocycles. The zero-order valence-corrected chi connectivity index (χ0v) is 12.4. The van der Waals surface area contributed by atoms with E-state index in [1.165, 1.54) is 11.7 Å². The summed E-state index contributed by atoms with van der Waals surface area (Å²) in [7, 11) is 3.10. The molecule has 5 heteroatoms. The van der Waals surface area contributed by atoms with Crippen molar-refractivity contribution >= 4 is 0 Å². The van der Waals surface area contributed by atoms with Crippen molar-refractivity contribution in [3.63, 3.8) is 0 Å². The van der Waals surface area contributed by atoms with Crippen LogP contribution in [0.25, 0.3) is 0 Å². The van der Waals surface area contributed by atoms with Gasteiger partial charge in [0, 0.05) is 23.4 Å². The van der Waals surface area contributed by atoms with E-state index >= 15 is 0 Å². The molecule has 0 bridgehead atoms. The molecule has 1 N–H and O–H groups in total. The molecule has 2 rings (SSSR count).